The number of nitrogens with zero attached hydrogens (tertiary/aromatic N) is 3. The third-order valence-corrected chi connectivity index (χ3v) is 12.7. The van der Waals surface area contributed by atoms with Crippen LogP contribution in [0, 0.1) is 0 Å². The van der Waals surface area contributed by atoms with E-state index in [4.69, 9.17) is 14.4 Å². The highest BCUT2D eigenvalue weighted by molar-refractivity contribution is 7.25. The zero-order chi connectivity index (χ0) is 39.6. The maximum absolute atomic E-state index is 6.76. The number of furan rings is 1. The number of aromatic nitrogens is 3. The van der Waals surface area contributed by atoms with Crippen LogP contribution in [0.15, 0.2) is 205 Å². The number of rotatable bonds is 6. The minimum Gasteiger partial charge on any atom is -0.455 e. The Morgan fingerprint density at radius 3 is 1.80 bits per heavy atom. The van der Waals surface area contributed by atoms with Gasteiger partial charge in [-0.05, 0) is 70.3 Å². The Kier molecular flexibility index (Phi) is 8.00. The molecule has 0 aliphatic rings. The first-order valence-electron chi connectivity index (χ1n) is 20.1. The number of para-hydroxylation sites is 2. The average molecular weight is 784 g/mol. The molecule has 0 amide bonds. The zero-order valence-corrected chi connectivity index (χ0v) is 33.0. The van der Waals surface area contributed by atoms with Crippen molar-refractivity contribution in [2.75, 3.05) is 0 Å². The highest BCUT2D eigenvalue weighted by Crippen LogP contribution is 2.46. The van der Waals surface area contributed by atoms with Crippen molar-refractivity contribution < 1.29 is 4.42 Å². The van der Waals surface area contributed by atoms with Crippen molar-refractivity contribution in [3.63, 3.8) is 0 Å². The third-order valence-electron chi connectivity index (χ3n) is 11.6. The molecule has 0 N–H and O–H groups in total. The summed E-state index contributed by atoms with van der Waals surface area (Å²) in [4.78, 5) is 14.8. The average Bonchev–Trinajstić information content (AvgIpc) is 3.91. The van der Waals surface area contributed by atoms with Crippen molar-refractivity contribution in [1.29, 1.82) is 0 Å². The van der Waals surface area contributed by atoms with Crippen molar-refractivity contribution >= 4 is 64.4 Å². The molecule has 0 unspecified atom stereocenters. The molecule has 4 heterocycles. The minimum absolute atomic E-state index is 0.676. The number of hydrogen-bond donors (Lipinski definition) is 0. The largest absolute Gasteiger partial charge is 0.455 e. The molecule has 0 radical (unpaired) electrons. The van der Waals surface area contributed by atoms with Gasteiger partial charge < -0.3 is 4.42 Å². The van der Waals surface area contributed by atoms with E-state index in [9.17, 15) is 0 Å². The van der Waals surface area contributed by atoms with Gasteiger partial charge in [0.25, 0.3) is 0 Å². The van der Waals surface area contributed by atoms with E-state index in [0.29, 0.717) is 5.82 Å². The van der Waals surface area contributed by atoms with Gasteiger partial charge in [-0.15, -0.1) is 11.3 Å². The first-order valence-corrected chi connectivity index (χ1v) is 20.9. The Balaban J connectivity index is 0.956. The van der Waals surface area contributed by atoms with Gasteiger partial charge in [0.05, 0.1) is 16.9 Å². The second-order valence-electron chi connectivity index (χ2n) is 15.1. The summed E-state index contributed by atoms with van der Waals surface area (Å²) in [5.74, 6) is 0.676. The second kappa shape index (κ2) is 14.0. The number of fused-ring (bicyclic) bond motifs is 7. The number of hydrogen-bond acceptors (Lipinski definition) is 5. The summed E-state index contributed by atoms with van der Waals surface area (Å²) in [6.45, 7) is 0. The van der Waals surface area contributed by atoms with E-state index in [0.717, 1.165) is 83.2 Å². The standard InChI is InChI=1S/C55H33N3OS/c1-2-11-36(12-3-1)47-33-48(58-55(57-47)38-27-23-34(24-28-38)39-31-32-56-46-17-7-4-13-41(39)46)37-25-21-35(22-26-37)40-29-30-43(53-44-14-5-8-18-49(44)59-54(40)53)42-16-10-20-51-52(42)45-15-6-9-19-50(45)60-51/h1-33H. The van der Waals surface area contributed by atoms with Crippen molar-refractivity contribution in [3.05, 3.63) is 200 Å². The van der Waals surface area contributed by atoms with E-state index < -0.39 is 0 Å². The van der Waals surface area contributed by atoms with Crippen LogP contribution in [0.3, 0.4) is 0 Å². The minimum atomic E-state index is 0.676. The fourth-order valence-corrected chi connectivity index (χ4v) is 9.86. The predicted molar refractivity (Wildman–Crippen MR) is 250 cm³/mol. The Labute approximate surface area is 349 Å². The quantitative estimate of drug-likeness (QED) is 0.169. The first kappa shape index (κ1) is 34.3. The van der Waals surface area contributed by atoms with E-state index in [1.54, 1.807) is 0 Å². The fraction of sp³-hybridized carbons (Fsp3) is 0. The van der Waals surface area contributed by atoms with Gasteiger partial charge in [0.2, 0.25) is 0 Å². The van der Waals surface area contributed by atoms with Gasteiger partial charge in [-0.25, -0.2) is 9.97 Å². The van der Waals surface area contributed by atoms with E-state index >= 15 is 0 Å². The molecule has 0 aliphatic carbocycles. The van der Waals surface area contributed by atoms with Crippen LogP contribution in [-0.4, -0.2) is 15.0 Å². The maximum Gasteiger partial charge on any atom is 0.160 e. The van der Waals surface area contributed by atoms with Crippen molar-refractivity contribution in [2.45, 2.75) is 0 Å². The molecule has 4 aromatic heterocycles. The summed E-state index contributed by atoms with van der Waals surface area (Å²) >= 11 is 1.85. The highest BCUT2D eigenvalue weighted by Gasteiger charge is 2.20. The molecule has 0 aliphatic heterocycles. The van der Waals surface area contributed by atoms with Crippen LogP contribution in [-0.2, 0) is 0 Å². The lowest BCUT2D eigenvalue weighted by Crippen LogP contribution is -1.96. The van der Waals surface area contributed by atoms with E-state index in [1.165, 1.54) is 31.3 Å². The zero-order valence-electron chi connectivity index (χ0n) is 32.2. The Bertz CT molecular complexity index is 3580. The molecule has 12 aromatic rings. The Morgan fingerprint density at radius 2 is 0.983 bits per heavy atom. The normalized spacial score (nSPS) is 11.7. The molecule has 0 spiro atoms. The third kappa shape index (κ3) is 5.70. The monoisotopic (exact) mass is 783 g/mol. The number of thiophene rings is 1. The lowest BCUT2D eigenvalue weighted by molar-refractivity contribution is 0.670. The van der Waals surface area contributed by atoms with Gasteiger partial charge in [0, 0.05) is 64.8 Å². The molecule has 60 heavy (non-hydrogen) atoms. The number of benzene rings is 8. The summed E-state index contributed by atoms with van der Waals surface area (Å²) in [5, 5.41) is 5.95. The van der Waals surface area contributed by atoms with Crippen LogP contribution in [0.4, 0.5) is 0 Å². The van der Waals surface area contributed by atoms with Crippen LogP contribution in [0.25, 0.3) is 120 Å². The summed E-state index contributed by atoms with van der Waals surface area (Å²) in [6.07, 6.45) is 1.87. The molecule has 0 bridgehead atoms. The highest BCUT2D eigenvalue weighted by atomic mass is 32.1. The lowest BCUT2D eigenvalue weighted by atomic mass is 9.92. The Hall–Kier alpha value is -7.73. The van der Waals surface area contributed by atoms with Gasteiger partial charge in [0.15, 0.2) is 5.82 Å². The second-order valence-corrected chi connectivity index (χ2v) is 16.2. The van der Waals surface area contributed by atoms with Gasteiger partial charge in [0.1, 0.15) is 11.2 Å². The van der Waals surface area contributed by atoms with Gasteiger partial charge >= 0.3 is 0 Å². The molecule has 0 saturated heterocycles. The predicted octanol–water partition coefficient (Wildman–Crippen LogP) is 15.3. The van der Waals surface area contributed by atoms with Crippen LogP contribution < -0.4 is 0 Å². The van der Waals surface area contributed by atoms with Crippen LogP contribution in [0.1, 0.15) is 0 Å². The fourth-order valence-electron chi connectivity index (χ4n) is 8.73. The van der Waals surface area contributed by atoms with Crippen LogP contribution >= 0.6 is 11.3 Å². The van der Waals surface area contributed by atoms with Gasteiger partial charge in [-0.2, -0.15) is 0 Å². The first-order chi connectivity index (χ1) is 29.7. The van der Waals surface area contributed by atoms with E-state index in [1.807, 2.05) is 53.9 Å². The molecular weight excluding hydrogens is 751 g/mol. The SMILES string of the molecule is c1ccc(-c2cc(-c3ccc(-c4ccc(-c5cccc6sc7ccccc7c56)c5c4oc4ccccc45)cc3)nc(-c3ccc(-c4ccnc5ccccc45)cc3)n2)cc1. The van der Waals surface area contributed by atoms with Crippen LogP contribution in [0.5, 0.6) is 0 Å². The summed E-state index contributed by atoms with van der Waals surface area (Å²) in [6, 6.07) is 68.2. The number of pyridine rings is 1. The topological polar surface area (TPSA) is 51.8 Å². The maximum atomic E-state index is 6.76. The summed E-state index contributed by atoms with van der Waals surface area (Å²) < 4.78 is 9.34. The smallest absolute Gasteiger partial charge is 0.160 e. The molecule has 280 valence electrons. The van der Waals surface area contributed by atoms with Crippen LogP contribution in [0.2, 0.25) is 0 Å². The molecule has 0 saturated carbocycles. The van der Waals surface area contributed by atoms with Crippen molar-refractivity contribution in [3.8, 4) is 67.3 Å². The summed E-state index contributed by atoms with van der Waals surface area (Å²) in [5.41, 5.74) is 14.3. The molecule has 8 aromatic carbocycles. The lowest BCUT2D eigenvalue weighted by Gasteiger charge is -2.12. The summed E-state index contributed by atoms with van der Waals surface area (Å²) in [7, 11) is 0. The molecule has 4 nitrogen and oxygen atoms in total. The van der Waals surface area contributed by atoms with Gasteiger partial charge in [-0.1, -0.05) is 152 Å². The van der Waals surface area contributed by atoms with Gasteiger partial charge in [-0.3, -0.25) is 4.98 Å². The molecule has 12 rings (SSSR count). The molecule has 0 fully saturated rings. The molecule has 0 atom stereocenters. The molecular formula is C55H33N3OS. The Morgan fingerprint density at radius 1 is 0.383 bits per heavy atom. The van der Waals surface area contributed by atoms with E-state index in [-0.39, 0.29) is 0 Å². The van der Waals surface area contributed by atoms with Crippen molar-refractivity contribution in [2.24, 2.45) is 0 Å². The molecule has 5 heteroatoms. The van der Waals surface area contributed by atoms with E-state index in [2.05, 4.69) is 163 Å². The van der Waals surface area contributed by atoms with Crippen molar-refractivity contribution in [1.82, 2.24) is 15.0 Å².